The fourth-order valence-corrected chi connectivity index (χ4v) is 0.201. The Hall–Kier alpha value is -2.27. The maximum Gasteiger partial charge on any atom is 0.330 e. The van der Waals surface area contributed by atoms with Crippen LogP contribution < -0.4 is 0 Å². The Kier molecular flexibility index (Phi) is 33.3. The molecule has 7 nitrogen and oxygen atoms in total. The first-order valence-electron chi connectivity index (χ1n) is 4.55. The molecule has 0 aromatic heterocycles. The lowest BCUT2D eigenvalue weighted by Gasteiger charge is -1.90. The van der Waals surface area contributed by atoms with Crippen LogP contribution in [0.1, 0.15) is 6.92 Å². The molecular weight excluding hydrogens is 275 g/mol. The molecule has 0 aromatic carbocycles. The van der Waals surface area contributed by atoms with Crippen LogP contribution in [0, 0.1) is 0 Å². The third-order valence-electron chi connectivity index (χ3n) is 0.803. The van der Waals surface area contributed by atoms with Crippen molar-refractivity contribution < 1.29 is 33.9 Å². The molecule has 0 saturated heterocycles. The van der Waals surface area contributed by atoms with E-state index in [0.29, 0.717) is 6.61 Å². The zero-order valence-electron chi connectivity index (χ0n) is 10.5. The third kappa shape index (κ3) is 65.5. The van der Waals surface area contributed by atoms with Crippen LogP contribution in [0.2, 0.25) is 0 Å². The number of hydrogen-bond acceptors (Lipinski definition) is 5. The van der Waals surface area contributed by atoms with Crippen molar-refractivity contribution in [2.45, 2.75) is 6.92 Å². The topological polar surface area (TPSA) is 118 Å². The molecule has 0 rings (SSSR count). The van der Waals surface area contributed by atoms with E-state index >= 15 is 0 Å². The van der Waals surface area contributed by atoms with Crippen molar-refractivity contribution in [3.05, 3.63) is 38.0 Å². The van der Waals surface area contributed by atoms with Gasteiger partial charge in [0.2, 0.25) is 0 Å². The number of rotatable bonds is 4. The summed E-state index contributed by atoms with van der Waals surface area (Å²) in [6, 6.07) is 0. The van der Waals surface area contributed by atoms with Gasteiger partial charge in [0.15, 0.2) is 0 Å². The number of hydrogen-bond donors (Lipinski definition) is 2. The molecule has 0 bridgehead atoms. The number of esters is 1. The third-order valence-corrected chi connectivity index (χ3v) is 0.803. The summed E-state index contributed by atoms with van der Waals surface area (Å²) in [7, 11) is 1.72. The fourth-order valence-electron chi connectivity index (χ4n) is 0.201. The summed E-state index contributed by atoms with van der Waals surface area (Å²) in [6.07, 6.45) is 2.81. The number of ether oxygens (including phenoxy) is 1. The summed E-state index contributed by atoms with van der Waals surface area (Å²) in [5.41, 5.74) is 0. The Balaban J connectivity index is -0.0000000848. The van der Waals surface area contributed by atoms with Gasteiger partial charge in [-0.1, -0.05) is 19.7 Å². The smallest absolute Gasteiger partial charge is 0.330 e. The van der Waals surface area contributed by atoms with Gasteiger partial charge in [-0.3, -0.25) is 4.57 Å². The summed E-state index contributed by atoms with van der Waals surface area (Å²) < 4.78 is 12.5. The van der Waals surface area contributed by atoms with E-state index in [1.165, 1.54) is 0 Å². The molecule has 0 amide bonds. The summed E-state index contributed by atoms with van der Waals surface area (Å²) >= 11 is 0. The Morgan fingerprint density at radius 3 is 1.32 bits per heavy atom. The van der Waals surface area contributed by atoms with Gasteiger partial charge in [-0.2, -0.15) is 0 Å². The van der Waals surface area contributed by atoms with Gasteiger partial charge in [0.1, 0.15) is 9.12 Å². The molecule has 0 radical (unpaired) electrons. The predicted molar refractivity (Wildman–Crippen MR) is 71.5 cm³/mol. The Labute approximate surface area is 113 Å². The minimum atomic E-state index is -0.981. The predicted octanol–water partition coefficient (Wildman–Crippen LogP) is 1.72. The molecule has 0 aliphatic carbocycles. The Bertz CT molecular complexity index is 281. The lowest BCUT2D eigenvalue weighted by Crippen LogP contribution is -1.97. The maximum absolute atomic E-state index is 10.1. The van der Waals surface area contributed by atoms with E-state index in [0.717, 1.165) is 18.2 Å². The van der Waals surface area contributed by atoms with E-state index in [4.69, 9.17) is 14.8 Å². The summed E-state index contributed by atoms with van der Waals surface area (Å²) in [5, 5.41) is 15.2. The molecule has 108 valence electrons. The van der Waals surface area contributed by atoms with Crippen LogP contribution in [0.3, 0.4) is 0 Å². The summed E-state index contributed by atoms with van der Waals surface area (Å²) in [5.74, 6) is -2.32. The molecule has 0 atom stereocenters. The van der Waals surface area contributed by atoms with E-state index in [1.807, 2.05) is 0 Å². The number of carbonyl (C=O) groups is 3. The monoisotopic (exact) mass is 292 g/mol. The van der Waals surface area contributed by atoms with Crippen molar-refractivity contribution in [2.24, 2.45) is 0 Å². The number of carboxylic acid groups (broad SMARTS) is 2. The highest BCUT2D eigenvalue weighted by atomic mass is 31.0. The molecular formula is C11H17O7P. The SMILES string of the molecule is C=CC(=O)O.C=CC(=O)O.C=CC(=O)OCC.O=P. The highest BCUT2D eigenvalue weighted by Crippen LogP contribution is 1.74. The van der Waals surface area contributed by atoms with Crippen LogP contribution in [0.5, 0.6) is 0 Å². The van der Waals surface area contributed by atoms with Crippen LogP contribution in [-0.4, -0.2) is 34.7 Å². The van der Waals surface area contributed by atoms with Crippen molar-refractivity contribution >= 4 is 27.0 Å². The first-order valence-corrected chi connectivity index (χ1v) is 4.96. The molecule has 0 aliphatic rings. The molecule has 0 aliphatic heterocycles. The van der Waals surface area contributed by atoms with E-state index in [1.54, 1.807) is 16.0 Å². The zero-order chi connectivity index (χ0) is 16.3. The van der Waals surface area contributed by atoms with E-state index < -0.39 is 11.9 Å². The molecule has 0 heterocycles. The molecule has 0 saturated carbocycles. The quantitative estimate of drug-likeness (QED) is 0.460. The highest BCUT2D eigenvalue weighted by molar-refractivity contribution is 7.00. The van der Waals surface area contributed by atoms with Gasteiger partial charge >= 0.3 is 17.9 Å². The van der Waals surface area contributed by atoms with Gasteiger partial charge in [-0.05, 0) is 6.92 Å². The summed E-state index contributed by atoms with van der Waals surface area (Å²) in [6.45, 7) is 11.3. The second kappa shape index (κ2) is 24.8. The van der Waals surface area contributed by atoms with Crippen LogP contribution in [-0.2, 0) is 23.7 Å². The first-order chi connectivity index (χ1) is 8.85. The molecule has 0 aromatic rings. The zero-order valence-corrected chi connectivity index (χ0v) is 11.5. The normalized spacial score (nSPS) is 6.37. The van der Waals surface area contributed by atoms with Crippen molar-refractivity contribution in [1.82, 2.24) is 0 Å². The standard InChI is InChI=1S/C5H8O2.2C3H4O2.HOP/c1-3-5(6)7-4-2;2*1-2-3(4)5;1-2/h3H,1,4H2,2H3;2*2H,1H2,(H,4,5);2H. The van der Waals surface area contributed by atoms with E-state index in [2.05, 4.69) is 24.5 Å². The van der Waals surface area contributed by atoms with Gasteiger partial charge in [0.05, 0.1) is 6.61 Å². The molecule has 2 N–H and O–H groups in total. The lowest BCUT2D eigenvalue weighted by atomic mass is 10.6. The minimum absolute atomic E-state index is 0.359. The molecule has 19 heavy (non-hydrogen) atoms. The average molecular weight is 292 g/mol. The minimum Gasteiger partial charge on any atom is -0.478 e. The number of carboxylic acids is 2. The molecule has 0 fully saturated rings. The lowest BCUT2D eigenvalue weighted by molar-refractivity contribution is -0.137. The van der Waals surface area contributed by atoms with Gasteiger partial charge in [-0.25, -0.2) is 14.4 Å². The van der Waals surface area contributed by atoms with Crippen LogP contribution in [0.4, 0.5) is 0 Å². The fraction of sp³-hybridized carbons (Fsp3) is 0.182. The Morgan fingerprint density at radius 2 is 1.26 bits per heavy atom. The molecule has 8 heteroatoms. The highest BCUT2D eigenvalue weighted by Gasteiger charge is 1.86. The van der Waals surface area contributed by atoms with Crippen molar-refractivity contribution in [3.63, 3.8) is 0 Å². The van der Waals surface area contributed by atoms with Gasteiger partial charge in [-0.15, -0.1) is 0 Å². The number of aliphatic carboxylic acids is 2. The van der Waals surface area contributed by atoms with E-state index in [-0.39, 0.29) is 5.97 Å². The summed E-state index contributed by atoms with van der Waals surface area (Å²) in [4.78, 5) is 28.6. The second-order valence-electron chi connectivity index (χ2n) is 2.04. The number of carbonyl (C=O) groups excluding carboxylic acids is 1. The average Bonchev–Trinajstić information content (AvgIpc) is 2.42. The van der Waals surface area contributed by atoms with Gasteiger partial charge in [0, 0.05) is 18.2 Å². The Morgan fingerprint density at radius 1 is 1.00 bits per heavy atom. The van der Waals surface area contributed by atoms with Crippen LogP contribution in [0.25, 0.3) is 0 Å². The molecule has 0 unspecified atom stereocenters. The maximum atomic E-state index is 10.1. The molecule has 0 spiro atoms. The van der Waals surface area contributed by atoms with E-state index in [9.17, 15) is 14.4 Å². The largest absolute Gasteiger partial charge is 0.478 e. The van der Waals surface area contributed by atoms with Gasteiger partial charge < -0.3 is 14.9 Å². The van der Waals surface area contributed by atoms with Crippen molar-refractivity contribution in [1.29, 1.82) is 0 Å². The van der Waals surface area contributed by atoms with Crippen molar-refractivity contribution in [3.8, 4) is 0 Å². The first kappa shape index (κ1) is 25.5. The van der Waals surface area contributed by atoms with Gasteiger partial charge in [0.25, 0.3) is 0 Å². The van der Waals surface area contributed by atoms with Crippen LogP contribution in [0.15, 0.2) is 38.0 Å². The van der Waals surface area contributed by atoms with Crippen molar-refractivity contribution in [2.75, 3.05) is 6.61 Å². The van der Waals surface area contributed by atoms with Crippen LogP contribution >= 0.6 is 9.12 Å². The second-order valence-corrected chi connectivity index (χ2v) is 2.04.